The van der Waals surface area contributed by atoms with Gasteiger partial charge in [0.1, 0.15) is 12.4 Å². The zero-order valence-corrected chi connectivity index (χ0v) is 13.6. The van der Waals surface area contributed by atoms with Crippen molar-refractivity contribution >= 4 is 11.6 Å². The Kier molecular flexibility index (Phi) is 6.65. The summed E-state index contributed by atoms with van der Waals surface area (Å²) in [5.74, 6) is 0.789. The average molecular weight is 340 g/mol. The topological polar surface area (TPSA) is 50.7 Å². The number of aliphatic hydroxyl groups is 1. The molecule has 0 aliphatic heterocycles. The van der Waals surface area contributed by atoms with E-state index in [1.165, 1.54) is 6.07 Å². The molecule has 2 N–H and O–H groups in total. The minimum atomic E-state index is -0.418. The van der Waals surface area contributed by atoms with E-state index in [-0.39, 0.29) is 18.2 Å². The van der Waals surface area contributed by atoms with Gasteiger partial charge >= 0.3 is 0 Å². The van der Waals surface area contributed by atoms with Gasteiger partial charge in [-0.15, -0.1) is 0 Å². The summed E-state index contributed by atoms with van der Waals surface area (Å²) in [6, 6.07) is 10.3. The van der Waals surface area contributed by atoms with Crippen molar-refractivity contribution in [2.45, 2.75) is 13.1 Å². The number of ether oxygens (including phenoxy) is 2. The van der Waals surface area contributed by atoms with Crippen LogP contribution in [-0.4, -0.2) is 25.4 Å². The summed E-state index contributed by atoms with van der Waals surface area (Å²) < 4.78 is 23.8. The summed E-state index contributed by atoms with van der Waals surface area (Å²) in [7, 11) is 1.57. The Morgan fingerprint density at radius 2 is 1.78 bits per heavy atom. The van der Waals surface area contributed by atoms with Crippen molar-refractivity contribution in [2.75, 3.05) is 20.3 Å². The van der Waals surface area contributed by atoms with Gasteiger partial charge in [-0.2, -0.15) is 0 Å². The second-order valence-electron chi connectivity index (χ2n) is 4.91. The molecule has 6 heteroatoms. The Bertz CT molecular complexity index is 652. The van der Waals surface area contributed by atoms with Crippen LogP contribution in [0.3, 0.4) is 0 Å². The van der Waals surface area contributed by atoms with Crippen LogP contribution in [0.25, 0.3) is 0 Å². The number of rotatable bonds is 8. The number of halogens is 2. The lowest BCUT2D eigenvalue weighted by atomic mass is 10.2. The smallest absolute Gasteiger partial charge is 0.161 e. The van der Waals surface area contributed by atoms with Gasteiger partial charge in [0.05, 0.1) is 18.7 Å². The van der Waals surface area contributed by atoms with Gasteiger partial charge in [0.15, 0.2) is 11.5 Å². The molecule has 0 unspecified atom stereocenters. The Hall–Kier alpha value is -1.82. The number of aliphatic hydroxyl groups excluding tert-OH is 1. The maximum absolute atomic E-state index is 13.1. The Morgan fingerprint density at radius 3 is 2.43 bits per heavy atom. The third-order valence-corrected chi connectivity index (χ3v) is 3.51. The molecule has 2 rings (SSSR count). The molecule has 0 saturated heterocycles. The van der Waals surface area contributed by atoms with Crippen molar-refractivity contribution in [1.29, 1.82) is 0 Å². The third kappa shape index (κ3) is 5.10. The first-order valence-corrected chi connectivity index (χ1v) is 7.57. The molecule has 2 aromatic rings. The first-order chi connectivity index (χ1) is 11.1. The Labute approximate surface area is 139 Å². The molecule has 0 atom stereocenters. The monoisotopic (exact) mass is 339 g/mol. The number of methoxy groups -OCH3 is 1. The molecular formula is C17H19ClFNO3. The molecular weight excluding hydrogens is 321 g/mol. The quantitative estimate of drug-likeness (QED) is 0.775. The van der Waals surface area contributed by atoms with E-state index in [2.05, 4.69) is 5.32 Å². The summed E-state index contributed by atoms with van der Waals surface area (Å²) in [5, 5.41) is 12.2. The predicted octanol–water partition coefficient (Wildman–Crippen LogP) is 3.15. The van der Waals surface area contributed by atoms with Crippen molar-refractivity contribution < 1.29 is 19.0 Å². The van der Waals surface area contributed by atoms with E-state index in [0.717, 1.165) is 11.1 Å². The molecule has 124 valence electrons. The van der Waals surface area contributed by atoms with Gasteiger partial charge < -0.3 is 19.9 Å². The molecule has 0 bridgehead atoms. The Balaban J connectivity index is 1.93. The fourth-order valence-electron chi connectivity index (χ4n) is 2.10. The van der Waals surface area contributed by atoms with Crippen LogP contribution < -0.4 is 14.8 Å². The summed E-state index contributed by atoms with van der Waals surface area (Å²) in [6.45, 7) is 1.36. The van der Waals surface area contributed by atoms with Crippen molar-refractivity contribution in [3.8, 4) is 11.5 Å². The van der Waals surface area contributed by atoms with E-state index in [1.807, 2.05) is 12.1 Å². The van der Waals surface area contributed by atoms with E-state index in [4.69, 9.17) is 26.2 Å². The van der Waals surface area contributed by atoms with E-state index in [1.54, 1.807) is 25.3 Å². The van der Waals surface area contributed by atoms with Crippen LogP contribution in [0.5, 0.6) is 11.5 Å². The number of benzene rings is 2. The van der Waals surface area contributed by atoms with Gasteiger partial charge in [0, 0.05) is 13.1 Å². The van der Waals surface area contributed by atoms with Crippen LogP contribution in [0.4, 0.5) is 4.39 Å². The van der Waals surface area contributed by atoms with E-state index >= 15 is 0 Å². The number of hydrogen-bond acceptors (Lipinski definition) is 4. The van der Waals surface area contributed by atoms with Crippen LogP contribution >= 0.6 is 11.6 Å². The summed E-state index contributed by atoms with van der Waals surface area (Å²) in [6.07, 6.45) is 0. The zero-order valence-electron chi connectivity index (χ0n) is 12.8. The van der Waals surface area contributed by atoms with Gasteiger partial charge in [-0.25, -0.2) is 4.39 Å². The molecule has 0 saturated carbocycles. The average Bonchev–Trinajstić information content (AvgIpc) is 2.56. The Morgan fingerprint density at radius 1 is 1.09 bits per heavy atom. The van der Waals surface area contributed by atoms with Crippen LogP contribution in [0.2, 0.25) is 5.02 Å². The van der Waals surface area contributed by atoms with Crippen LogP contribution in [0.15, 0.2) is 36.4 Å². The SMILES string of the molecule is COc1cc(CNCc2ccc(F)c(Cl)c2)ccc1OCCO. The van der Waals surface area contributed by atoms with Gasteiger partial charge in [-0.1, -0.05) is 23.7 Å². The van der Waals surface area contributed by atoms with Gasteiger partial charge in [-0.05, 0) is 35.4 Å². The normalized spacial score (nSPS) is 10.6. The molecule has 0 aliphatic carbocycles. The molecule has 0 spiro atoms. The fourth-order valence-corrected chi connectivity index (χ4v) is 2.30. The highest BCUT2D eigenvalue weighted by molar-refractivity contribution is 6.30. The number of nitrogens with one attached hydrogen (secondary N) is 1. The van der Waals surface area contributed by atoms with Crippen molar-refractivity contribution in [2.24, 2.45) is 0 Å². The highest BCUT2D eigenvalue weighted by Gasteiger charge is 2.06. The molecule has 0 heterocycles. The summed E-state index contributed by atoms with van der Waals surface area (Å²) in [4.78, 5) is 0. The van der Waals surface area contributed by atoms with Gasteiger partial charge in [0.2, 0.25) is 0 Å². The third-order valence-electron chi connectivity index (χ3n) is 3.22. The maximum Gasteiger partial charge on any atom is 0.161 e. The van der Waals surface area contributed by atoms with Crippen LogP contribution in [0, 0.1) is 5.82 Å². The molecule has 0 fully saturated rings. The zero-order chi connectivity index (χ0) is 16.7. The molecule has 0 amide bonds. The second-order valence-corrected chi connectivity index (χ2v) is 5.32. The molecule has 23 heavy (non-hydrogen) atoms. The first kappa shape index (κ1) is 17.5. The molecule has 2 aromatic carbocycles. The summed E-state index contributed by atoms with van der Waals surface area (Å²) >= 11 is 5.76. The fraction of sp³-hybridized carbons (Fsp3) is 0.294. The highest BCUT2D eigenvalue weighted by atomic mass is 35.5. The lowest BCUT2D eigenvalue weighted by molar-refractivity contribution is 0.196. The molecule has 0 aliphatic rings. The second kappa shape index (κ2) is 8.72. The highest BCUT2D eigenvalue weighted by Crippen LogP contribution is 2.28. The lowest BCUT2D eigenvalue weighted by Gasteiger charge is -2.12. The van der Waals surface area contributed by atoms with Crippen molar-refractivity contribution in [3.63, 3.8) is 0 Å². The largest absolute Gasteiger partial charge is 0.493 e. The lowest BCUT2D eigenvalue weighted by Crippen LogP contribution is -2.13. The first-order valence-electron chi connectivity index (χ1n) is 7.19. The van der Waals surface area contributed by atoms with Gasteiger partial charge in [-0.3, -0.25) is 0 Å². The minimum absolute atomic E-state index is 0.0489. The van der Waals surface area contributed by atoms with Crippen molar-refractivity contribution in [1.82, 2.24) is 5.32 Å². The van der Waals surface area contributed by atoms with Crippen LogP contribution in [0.1, 0.15) is 11.1 Å². The molecule has 0 aromatic heterocycles. The standard InChI is InChI=1S/C17H19ClFNO3/c1-22-17-9-13(3-5-16(17)23-7-6-21)11-20-10-12-2-4-15(19)14(18)8-12/h2-5,8-9,20-21H,6-7,10-11H2,1H3. The van der Waals surface area contributed by atoms with E-state index < -0.39 is 5.82 Å². The number of hydrogen-bond donors (Lipinski definition) is 2. The molecule has 4 nitrogen and oxygen atoms in total. The molecule has 0 radical (unpaired) electrons. The predicted molar refractivity (Wildman–Crippen MR) is 87.5 cm³/mol. The minimum Gasteiger partial charge on any atom is -0.493 e. The van der Waals surface area contributed by atoms with Gasteiger partial charge in [0.25, 0.3) is 0 Å². The van der Waals surface area contributed by atoms with E-state index in [9.17, 15) is 4.39 Å². The van der Waals surface area contributed by atoms with Crippen molar-refractivity contribution in [3.05, 3.63) is 58.4 Å². The maximum atomic E-state index is 13.1. The van der Waals surface area contributed by atoms with Crippen LogP contribution in [-0.2, 0) is 13.1 Å². The van der Waals surface area contributed by atoms with E-state index in [0.29, 0.717) is 24.6 Å². The summed E-state index contributed by atoms with van der Waals surface area (Å²) in [5.41, 5.74) is 1.93.